The number of fused-ring (bicyclic) bond motifs is 1. The van der Waals surface area contributed by atoms with Crippen molar-refractivity contribution in [2.45, 2.75) is 43.5 Å². The van der Waals surface area contributed by atoms with Gasteiger partial charge in [0.25, 0.3) is 0 Å². The largest absolute Gasteiger partial charge is 0.325 e. The van der Waals surface area contributed by atoms with Crippen LogP contribution in [0.15, 0.2) is 76.9 Å². The van der Waals surface area contributed by atoms with Crippen LogP contribution in [0, 0.1) is 0 Å². The first-order chi connectivity index (χ1) is 15.5. The van der Waals surface area contributed by atoms with Crippen molar-refractivity contribution in [3.05, 3.63) is 82.9 Å². The Morgan fingerprint density at radius 3 is 2.41 bits per heavy atom. The highest BCUT2D eigenvalue weighted by Gasteiger charge is 2.22. The maximum absolute atomic E-state index is 12.9. The quantitative estimate of drug-likeness (QED) is 0.422. The smallest absolute Gasteiger partial charge is 0.300 e. The van der Waals surface area contributed by atoms with E-state index in [2.05, 4.69) is 29.4 Å². The number of hydrogen-bond acceptors (Lipinski definition) is 5. The third-order valence-corrected chi connectivity index (χ3v) is 6.55. The monoisotopic (exact) mass is 447 g/mol. The Balaban J connectivity index is 1.54. The summed E-state index contributed by atoms with van der Waals surface area (Å²) in [6.45, 7) is 6.22. The summed E-state index contributed by atoms with van der Waals surface area (Å²) in [5.74, 6) is 0.329. The summed E-state index contributed by atoms with van der Waals surface area (Å²) < 4.78 is 3.17. The van der Waals surface area contributed by atoms with E-state index in [1.807, 2.05) is 61.5 Å². The van der Waals surface area contributed by atoms with Gasteiger partial charge in [-0.3, -0.25) is 18.6 Å². The topological polar surface area (TPSA) is 81.3 Å². The van der Waals surface area contributed by atoms with Crippen LogP contribution in [-0.4, -0.2) is 30.3 Å². The number of para-hydroxylation sites is 1. The lowest BCUT2D eigenvalue weighted by Gasteiger charge is -2.14. The molecule has 1 amide bonds. The number of benzene rings is 2. The number of thioether (sulfide) groups is 1. The van der Waals surface area contributed by atoms with Crippen molar-refractivity contribution in [1.82, 2.24) is 19.2 Å². The Bertz CT molecular complexity index is 1280. The summed E-state index contributed by atoms with van der Waals surface area (Å²) in [6, 6.07) is 17.2. The maximum Gasteiger partial charge on any atom is 0.300 e. The second-order valence-electron chi connectivity index (χ2n) is 7.77. The van der Waals surface area contributed by atoms with Crippen molar-refractivity contribution < 1.29 is 4.79 Å². The van der Waals surface area contributed by atoms with Gasteiger partial charge < -0.3 is 5.32 Å². The van der Waals surface area contributed by atoms with Gasteiger partial charge in [0, 0.05) is 23.8 Å². The Morgan fingerprint density at radius 1 is 1.03 bits per heavy atom. The van der Waals surface area contributed by atoms with Crippen molar-refractivity contribution in [3.8, 4) is 5.69 Å². The lowest BCUT2D eigenvalue weighted by Crippen LogP contribution is -2.25. The molecule has 1 N–H and O–H groups in total. The molecule has 32 heavy (non-hydrogen) atoms. The first-order valence-corrected chi connectivity index (χ1v) is 11.4. The lowest BCUT2D eigenvalue weighted by molar-refractivity contribution is -0.115. The zero-order chi connectivity index (χ0) is 22.7. The molecule has 8 heteroatoms. The van der Waals surface area contributed by atoms with Crippen LogP contribution in [0.1, 0.15) is 38.7 Å². The van der Waals surface area contributed by atoms with Gasteiger partial charge in [-0.2, -0.15) is 0 Å². The van der Waals surface area contributed by atoms with Crippen LogP contribution in [0.25, 0.3) is 11.3 Å². The fourth-order valence-electron chi connectivity index (χ4n) is 3.36. The van der Waals surface area contributed by atoms with Crippen molar-refractivity contribution in [1.29, 1.82) is 0 Å². The molecule has 0 saturated heterocycles. The minimum Gasteiger partial charge on any atom is -0.325 e. The number of carbonyl (C=O) groups excluding carboxylic acids is 1. The Hall–Kier alpha value is -3.39. The molecule has 4 aromatic rings. The molecule has 1 unspecified atom stereocenters. The summed E-state index contributed by atoms with van der Waals surface area (Å²) in [5.41, 5.74) is 2.70. The summed E-state index contributed by atoms with van der Waals surface area (Å²) >= 11 is 1.30. The van der Waals surface area contributed by atoms with E-state index in [0.717, 1.165) is 11.4 Å². The van der Waals surface area contributed by atoms with Crippen LogP contribution in [0.2, 0.25) is 0 Å². The summed E-state index contributed by atoms with van der Waals surface area (Å²) in [7, 11) is 0. The molecule has 0 saturated carbocycles. The molecule has 0 aliphatic rings. The average Bonchev–Trinajstić information content (AvgIpc) is 3.22. The third-order valence-electron chi connectivity index (χ3n) is 5.23. The normalized spacial score (nSPS) is 12.2. The fraction of sp³-hybridized carbons (Fsp3) is 0.250. The van der Waals surface area contributed by atoms with E-state index >= 15 is 0 Å². The van der Waals surface area contributed by atoms with Crippen LogP contribution >= 0.6 is 11.8 Å². The van der Waals surface area contributed by atoms with Gasteiger partial charge in [-0.15, -0.1) is 10.2 Å². The average molecular weight is 448 g/mol. The van der Waals surface area contributed by atoms with Crippen molar-refractivity contribution in [3.63, 3.8) is 0 Å². The van der Waals surface area contributed by atoms with Gasteiger partial charge in [0.05, 0.1) is 5.25 Å². The predicted molar refractivity (Wildman–Crippen MR) is 128 cm³/mol. The minimum absolute atomic E-state index is 0.107. The van der Waals surface area contributed by atoms with E-state index in [9.17, 15) is 9.59 Å². The van der Waals surface area contributed by atoms with Crippen molar-refractivity contribution in [2.24, 2.45) is 0 Å². The van der Waals surface area contributed by atoms with E-state index in [-0.39, 0.29) is 22.4 Å². The van der Waals surface area contributed by atoms with Crippen LogP contribution < -0.4 is 10.9 Å². The number of nitrogens with one attached hydrogen (secondary N) is 1. The molecule has 4 rings (SSSR count). The van der Waals surface area contributed by atoms with Gasteiger partial charge in [-0.25, -0.2) is 0 Å². The first kappa shape index (κ1) is 21.8. The van der Waals surface area contributed by atoms with Gasteiger partial charge in [0.15, 0.2) is 5.16 Å². The third kappa shape index (κ3) is 4.45. The molecule has 1 atom stereocenters. The molecule has 0 aliphatic heterocycles. The molecule has 2 aromatic carbocycles. The summed E-state index contributed by atoms with van der Waals surface area (Å²) in [4.78, 5) is 25.8. The van der Waals surface area contributed by atoms with Gasteiger partial charge in [-0.1, -0.05) is 62.9 Å². The van der Waals surface area contributed by atoms with E-state index in [1.54, 1.807) is 16.8 Å². The molecule has 2 heterocycles. The maximum atomic E-state index is 12.9. The fourth-order valence-corrected chi connectivity index (χ4v) is 4.30. The Kier molecular flexibility index (Phi) is 6.41. The number of carbonyl (C=O) groups is 1. The zero-order valence-electron chi connectivity index (χ0n) is 18.2. The molecule has 7 nitrogen and oxygen atoms in total. The number of hydrogen-bond donors (Lipinski definition) is 1. The predicted octanol–water partition coefficient (Wildman–Crippen LogP) is 4.51. The van der Waals surface area contributed by atoms with Crippen molar-refractivity contribution >= 4 is 29.0 Å². The molecule has 0 radical (unpaired) electrons. The first-order valence-electron chi connectivity index (χ1n) is 10.6. The van der Waals surface area contributed by atoms with Crippen LogP contribution in [0.3, 0.4) is 0 Å². The van der Waals surface area contributed by atoms with E-state index in [0.29, 0.717) is 17.5 Å². The number of aromatic nitrogens is 4. The van der Waals surface area contributed by atoms with Crippen LogP contribution in [0.5, 0.6) is 0 Å². The molecule has 0 fully saturated rings. The van der Waals surface area contributed by atoms with Gasteiger partial charge >= 0.3 is 5.56 Å². The van der Waals surface area contributed by atoms with E-state index in [1.165, 1.54) is 21.9 Å². The number of anilines is 1. The van der Waals surface area contributed by atoms with Crippen LogP contribution in [0.4, 0.5) is 5.69 Å². The second kappa shape index (κ2) is 9.40. The Morgan fingerprint density at radius 2 is 1.75 bits per heavy atom. The highest BCUT2D eigenvalue weighted by molar-refractivity contribution is 8.00. The molecule has 0 aliphatic carbocycles. The number of rotatable bonds is 7. The van der Waals surface area contributed by atoms with E-state index < -0.39 is 0 Å². The zero-order valence-corrected chi connectivity index (χ0v) is 19.0. The standard InChI is InChI=1S/C24H25N5O2S/c1-4-20(22(30)25-18-12-10-17(11-13-18)16(2)3)32-24-27-26-21-23(31)28(14-15-29(21)24)19-8-6-5-7-9-19/h5-16,20H,4H2,1-3H3,(H,25,30). The molecular formula is C24H25N5O2S. The van der Waals surface area contributed by atoms with Gasteiger partial charge in [0.1, 0.15) is 0 Å². The molecular weight excluding hydrogens is 422 g/mol. The highest BCUT2D eigenvalue weighted by atomic mass is 32.2. The number of nitrogens with zero attached hydrogens (tertiary/aromatic N) is 4. The van der Waals surface area contributed by atoms with Gasteiger partial charge in [-0.05, 0) is 42.2 Å². The van der Waals surface area contributed by atoms with Gasteiger partial charge in [0.2, 0.25) is 11.6 Å². The van der Waals surface area contributed by atoms with Crippen LogP contribution in [-0.2, 0) is 4.79 Å². The Labute approximate surface area is 190 Å². The summed E-state index contributed by atoms with van der Waals surface area (Å²) in [6.07, 6.45) is 4.05. The second-order valence-corrected chi connectivity index (χ2v) is 8.94. The summed E-state index contributed by atoms with van der Waals surface area (Å²) in [5, 5.41) is 11.4. The molecule has 2 aromatic heterocycles. The molecule has 164 valence electrons. The van der Waals surface area contributed by atoms with Crippen molar-refractivity contribution in [2.75, 3.05) is 5.32 Å². The molecule has 0 bridgehead atoms. The van der Waals surface area contributed by atoms with E-state index in [4.69, 9.17) is 0 Å². The number of amides is 1. The highest BCUT2D eigenvalue weighted by Crippen LogP contribution is 2.25. The molecule has 0 spiro atoms. The minimum atomic E-state index is -0.372. The SMILES string of the molecule is CCC(Sc1nnc2c(=O)n(-c3ccccc3)ccn12)C(=O)Nc1ccc(C(C)C)cc1. The lowest BCUT2D eigenvalue weighted by atomic mass is 10.0.